The third-order valence-corrected chi connectivity index (χ3v) is 8.27. The number of rotatable bonds is 31. The number of nitrogens with two attached hydrogens (primary N) is 6. The van der Waals surface area contributed by atoms with Gasteiger partial charge in [0.25, 0.3) is 0 Å². The van der Waals surface area contributed by atoms with Crippen molar-refractivity contribution >= 4 is 70.9 Å². The summed E-state index contributed by atoms with van der Waals surface area (Å²) in [6, 6.07) is -10.2. The summed E-state index contributed by atoms with van der Waals surface area (Å²) in [5.41, 5.74) is 31.6. The lowest BCUT2D eigenvalue weighted by Crippen LogP contribution is -2.59. The zero-order valence-corrected chi connectivity index (χ0v) is 33.5. The summed E-state index contributed by atoms with van der Waals surface area (Å²) in [7, 11) is 0. The molecular weight excluding hydrogens is 816 g/mol. The van der Waals surface area contributed by atoms with Crippen LogP contribution in [0.4, 0.5) is 0 Å². The van der Waals surface area contributed by atoms with E-state index in [9.17, 15) is 67.7 Å². The molecule has 344 valence electrons. The van der Waals surface area contributed by atoms with Gasteiger partial charge in [0, 0.05) is 12.8 Å². The van der Waals surface area contributed by atoms with Crippen molar-refractivity contribution in [2.45, 2.75) is 101 Å². The van der Waals surface area contributed by atoms with Crippen LogP contribution in [0.3, 0.4) is 0 Å². The van der Waals surface area contributed by atoms with E-state index in [1.807, 2.05) is 5.32 Å². The molecule has 0 aliphatic rings. The number of hydrogen-bond acceptors (Lipinski definition) is 16. The van der Waals surface area contributed by atoms with Crippen molar-refractivity contribution in [3.8, 4) is 0 Å². The number of unbranched alkanes of at least 4 members (excludes halogenated alkanes) is 1. The van der Waals surface area contributed by atoms with Gasteiger partial charge in [-0.15, -0.1) is 0 Å². The number of aliphatic hydroxyl groups excluding tert-OH is 2. The first-order valence-corrected chi connectivity index (χ1v) is 18.7. The smallest absolute Gasteiger partial charge is 0.245 e. The zero-order valence-electron chi connectivity index (χ0n) is 33.5. The average Bonchev–Trinajstić information content (AvgIpc) is 3.19. The lowest BCUT2D eigenvalue weighted by molar-refractivity contribution is -0.135. The minimum atomic E-state index is -1.73. The molecule has 61 heavy (non-hydrogen) atoms. The molecule has 0 saturated carbocycles. The van der Waals surface area contributed by atoms with Crippen molar-refractivity contribution in [2.24, 2.45) is 34.4 Å². The largest absolute Gasteiger partial charge is 0.394 e. The lowest BCUT2D eigenvalue weighted by Gasteiger charge is -2.25. The fraction of sp³-hybridized carbons (Fsp3) is 0.636. The van der Waals surface area contributed by atoms with Crippen LogP contribution in [-0.2, 0) is 57.5 Å². The first-order chi connectivity index (χ1) is 28.6. The molecule has 0 bridgehead atoms. The quantitative estimate of drug-likeness (QED) is 0.0288. The van der Waals surface area contributed by atoms with Crippen molar-refractivity contribution in [1.82, 2.24) is 42.5 Å². The van der Waals surface area contributed by atoms with E-state index in [0.717, 1.165) is 0 Å². The number of amides is 12. The second kappa shape index (κ2) is 28.8. The standard InChI is InChI=1S/C33H58N14O14/c1-15(42-29(57)16(35)5-7-22(36)50)28(56)44-17(4-2-3-9-34)31(59)47-21(14-49)33(61)45-18(6-8-23(37)51)30(58)41-11-25(53)40-12-26(54)43-20(13-48)32(60)46-19(27(39)55)10-24(38)52/h15-21,48-49H,2-14,34-35H2,1H3,(H2,36,50)(H2,37,51)(H2,38,52)(H2,39,55)(H,40,53)(H,41,58)(H,42,57)(H,43,54)(H,44,56)(H,45,61)(H,46,60)(H,47,59)/t15-,16-,17-,18-,19-,20-,21-/m0/s1. The van der Waals surface area contributed by atoms with Crippen LogP contribution in [0, 0.1) is 0 Å². The van der Waals surface area contributed by atoms with Crippen LogP contribution in [-0.4, -0.2) is 156 Å². The van der Waals surface area contributed by atoms with Crippen LogP contribution >= 0.6 is 0 Å². The van der Waals surface area contributed by atoms with Gasteiger partial charge in [-0.05, 0) is 45.6 Å². The molecule has 0 aliphatic carbocycles. The first-order valence-electron chi connectivity index (χ1n) is 18.7. The van der Waals surface area contributed by atoms with Crippen molar-refractivity contribution in [2.75, 3.05) is 32.8 Å². The van der Waals surface area contributed by atoms with Crippen LogP contribution in [0.5, 0.6) is 0 Å². The zero-order chi connectivity index (χ0) is 46.8. The molecular formula is C33H58N14O14. The molecule has 28 nitrogen and oxygen atoms in total. The highest BCUT2D eigenvalue weighted by Gasteiger charge is 2.31. The number of carbonyl (C=O) groups is 12. The number of carbonyl (C=O) groups excluding carboxylic acids is 12. The Labute approximate surface area is 348 Å². The third-order valence-electron chi connectivity index (χ3n) is 8.27. The maximum absolute atomic E-state index is 13.3. The van der Waals surface area contributed by atoms with Crippen LogP contribution in [0.1, 0.15) is 58.3 Å². The molecule has 7 atom stereocenters. The predicted molar refractivity (Wildman–Crippen MR) is 208 cm³/mol. The van der Waals surface area contributed by atoms with Gasteiger partial charge in [-0.25, -0.2) is 0 Å². The molecule has 0 aliphatic heterocycles. The molecule has 0 heterocycles. The highest BCUT2D eigenvalue weighted by atomic mass is 16.3. The average molecular weight is 875 g/mol. The Kier molecular flexibility index (Phi) is 25.7. The van der Waals surface area contributed by atoms with Crippen molar-refractivity contribution in [3.63, 3.8) is 0 Å². The van der Waals surface area contributed by atoms with E-state index in [0.29, 0.717) is 12.8 Å². The Balaban J connectivity index is 5.55. The Morgan fingerprint density at radius 1 is 0.492 bits per heavy atom. The van der Waals surface area contributed by atoms with Gasteiger partial charge in [-0.2, -0.15) is 0 Å². The minimum absolute atomic E-state index is 0.00612. The lowest BCUT2D eigenvalue weighted by atomic mass is 10.1. The van der Waals surface area contributed by atoms with Gasteiger partial charge in [0.1, 0.15) is 36.3 Å². The van der Waals surface area contributed by atoms with Gasteiger partial charge in [-0.1, -0.05) is 0 Å². The Hall–Kier alpha value is -6.52. The summed E-state index contributed by atoms with van der Waals surface area (Å²) in [6.45, 7) is -2.08. The molecule has 0 aromatic heterocycles. The molecule has 12 amide bonds. The van der Waals surface area contributed by atoms with Crippen molar-refractivity contribution < 1.29 is 67.7 Å². The highest BCUT2D eigenvalue weighted by molar-refractivity contribution is 5.97. The number of aliphatic hydroxyl groups is 2. The van der Waals surface area contributed by atoms with Crippen molar-refractivity contribution in [3.05, 3.63) is 0 Å². The molecule has 28 heteroatoms. The van der Waals surface area contributed by atoms with Gasteiger partial charge >= 0.3 is 0 Å². The van der Waals surface area contributed by atoms with E-state index in [4.69, 9.17) is 34.4 Å². The molecule has 0 radical (unpaired) electrons. The van der Waals surface area contributed by atoms with E-state index in [1.54, 1.807) is 0 Å². The van der Waals surface area contributed by atoms with Gasteiger partial charge in [0.2, 0.25) is 70.9 Å². The van der Waals surface area contributed by atoms with Crippen LogP contribution in [0.2, 0.25) is 0 Å². The maximum atomic E-state index is 13.3. The SMILES string of the molecule is C[C@H](NC(=O)[C@@H](N)CCC(N)=O)C(=O)N[C@@H](CCCCN)C(=O)N[C@@H](CO)C(=O)N[C@@H](CCC(N)=O)C(=O)NCC(=O)NCC(=O)N[C@@H](CO)C(=O)N[C@@H](CC(N)=O)C(N)=O. The monoisotopic (exact) mass is 874 g/mol. The van der Waals surface area contributed by atoms with E-state index in [2.05, 4.69) is 37.2 Å². The first kappa shape index (κ1) is 54.5. The predicted octanol–water partition coefficient (Wildman–Crippen LogP) is -10.5. The van der Waals surface area contributed by atoms with Crippen LogP contribution < -0.4 is 76.9 Å². The summed E-state index contributed by atoms with van der Waals surface area (Å²) in [6.07, 6.45) is -1.07. The molecule has 0 saturated heterocycles. The number of nitrogens with one attached hydrogen (secondary N) is 8. The van der Waals surface area contributed by atoms with Crippen LogP contribution in [0.25, 0.3) is 0 Å². The summed E-state index contributed by atoms with van der Waals surface area (Å²) in [5.74, 6) is -11.6. The topological polar surface area (TPSA) is 498 Å². The molecule has 0 fully saturated rings. The number of primary amides is 4. The minimum Gasteiger partial charge on any atom is -0.394 e. The van der Waals surface area contributed by atoms with E-state index in [-0.39, 0.29) is 25.8 Å². The number of hydrogen-bond donors (Lipinski definition) is 16. The molecule has 0 aromatic rings. The van der Waals surface area contributed by atoms with Gasteiger partial charge in [0.15, 0.2) is 0 Å². The Bertz CT molecular complexity index is 1600. The van der Waals surface area contributed by atoms with Gasteiger partial charge in [0.05, 0.1) is 38.8 Å². The van der Waals surface area contributed by atoms with E-state index < -0.39 is 159 Å². The van der Waals surface area contributed by atoms with Gasteiger partial charge in [-0.3, -0.25) is 57.5 Å². The molecule has 22 N–H and O–H groups in total. The van der Waals surface area contributed by atoms with E-state index in [1.165, 1.54) is 6.92 Å². The maximum Gasteiger partial charge on any atom is 0.245 e. The second-order valence-electron chi connectivity index (χ2n) is 13.4. The molecule has 0 spiro atoms. The Morgan fingerprint density at radius 2 is 0.967 bits per heavy atom. The summed E-state index contributed by atoms with van der Waals surface area (Å²) < 4.78 is 0. The van der Waals surface area contributed by atoms with E-state index >= 15 is 0 Å². The highest BCUT2D eigenvalue weighted by Crippen LogP contribution is 2.05. The molecule has 0 unspecified atom stereocenters. The molecule has 0 aromatic carbocycles. The fourth-order valence-electron chi connectivity index (χ4n) is 4.83. The second-order valence-corrected chi connectivity index (χ2v) is 13.4. The van der Waals surface area contributed by atoms with Gasteiger partial charge < -0.3 is 87.1 Å². The van der Waals surface area contributed by atoms with Crippen LogP contribution in [0.15, 0.2) is 0 Å². The third kappa shape index (κ3) is 23.0. The normalized spacial score (nSPS) is 14.1. The summed E-state index contributed by atoms with van der Waals surface area (Å²) >= 11 is 0. The summed E-state index contributed by atoms with van der Waals surface area (Å²) in [4.78, 5) is 147. The summed E-state index contributed by atoms with van der Waals surface area (Å²) in [5, 5.41) is 37.1. The fourth-order valence-corrected chi connectivity index (χ4v) is 4.83. The molecule has 0 rings (SSSR count). The van der Waals surface area contributed by atoms with Crippen molar-refractivity contribution in [1.29, 1.82) is 0 Å². The Morgan fingerprint density at radius 3 is 1.49 bits per heavy atom.